The van der Waals surface area contributed by atoms with Gasteiger partial charge in [-0.3, -0.25) is 19.6 Å². The number of amides is 2. The van der Waals surface area contributed by atoms with Crippen LogP contribution in [0.15, 0.2) is 24.3 Å². The molecule has 2 aromatic rings. The molecule has 2 aliphatic heterocycles. The topological polar surface area (TPSA) is 81.3 Å². The minimum absolute atomic E-state index is 0.0631. The van der Waals surface area contributed by atoms with E-state index in [1.54, 1.807) is 23.1 Å². The van der Waals surface area contributed by atoms with Crippen LogP contribution in [0.4, 0.5) is 4.39 Å². The summed E-state index contributed by atoms with van der Waals surface area (Å²) in [5.74, 6) is -0.487. The third-order valence-corrected chi connectivity index (χ3v) is 5.63. The number of aromatic nitrogens is 2. The second-order valence-electron chi connectivity index (χ2n) is 7.21. The number of benzene rings is 1. The predicted molar refractivity (Wildman–Crippen MR) is 102 cm³/mol. The van der Waals surface area contributed by atoms with Crippen molar-refractivity contribution in [3.8, 4) is 11.3 Å². The Morgan fingerprint density at radius 2 is 2.14 bits per heavy atom. The van der Waals surface area contributed by atoms with Gasteiger partial charge in [-0.05, 0) is 18.7 Å². The molecule has 8 heteroatoms. The van der Waals surface area contributed by atoms with Crippen LogP contribution in [-0.4, -0.2) is 64.0 Å². The van der Waals surface area contributed by atoms with Gasteiger partial charge in [-0.15, -0.1) is 0 Å². The van der Waals surface area contributed by atoms with Crippen LogP contribution in [0, 0.1) is 5.82 Å². The molecule has 2 aliphatic rings. The van der Waals surface area contributed by atoms with Crippen LogP contribution in [-0.2, 0) is 22.6 Å². The van der Waals surface area contributed by atoms with Crippen molar-refractivity contribution in [1.29, 1.82) is 0 Å². The Kier molecular flexibility index (Phi) is 5.13. The third kappa shape index (κ3) is 3.40. The van der Waals surface area contributed by atoms with Crippen molar-refractivity contribution >= 4 is 11.8 Å². The van der Waals surface area contributed by atoms with E-state index >= 15 is 0 Å². The Bertz CT molecular complexity index is 896. The Morgan fingerprint density at radius 1 is 1.32 bits per heavy atom. The van der Waals surface area contributed by atoms with Crippen molar-refractivity contribution in [2.45, 2.75) is 32.4 Å². The Hall–Kier alpha value is -2.74. The molecule has 1 atom stereocenters. The van der Waals surface area contributed by atoms with Crippen LogP contribution in [0.2, 0.25) is 0 Å². The molecular weight excluding hydrogens is 361 g/mol. The van der Waals surface area contributed by atoms with E-state index in [0.717, 1.165) is 24.3 Å². The van der Waals surface area contributed by atoms with Gasteiger partial charge in [0.15, 0.2) is 0 Å². The Balaban J connectivity index is 1.52. The maximum Gasteiger partial charge on any atom is 0.237 e. The summed E-state index contributed by atoms with van der Waals surface area (Å²) in [4.78, 5) is 29.0. The molecule has 0 saturated carbocycles. The van der Waals surface area contributed by atoms with E-state index in [4.69, 9.17) is 0 Å². The van der Waals surface area contributed by atoms with E-state index in [2.05, 4.69) is 15.5 Å². The number of halogens is 1. The minimum atomic E-state index is -0.428. The summed E-state index contributed by atoms with van der Waals surface area (Å²) in [6, 6.07) is 6.08. The molecule has 4 rings (SSSR count). The zero-order valence-electron chi connectivity index (χ0n) is 15.9. The van der Waals surface area contributed by atoms with Crippen LogP contribution in [0.3, 0.4) is 0 Å². The third-order valence-electron chi connectivity index (χ3n) is 5.63. The van der Waals surface area contributed by atoms with Crippen molar-refractivity contribution in [2.24, 2.45) is 0 Å². The van der Waals surface area contributed by atoms with E-state index in [0.29, 0.717) is 37.3 Å². The smallest absolute Gasteiger partial charge is 0.237 e. The molecule has 28 heavy (non-hydrogen) atoms. The van der Waals surface area contributed by atoms with Crippen LogP contribution < -0.4 is 5.32 Å². The average molecular weight is 385 g/mol. The van der Waals surface area contributed by atoms with E-state index in [9.17, 15) is 14.0 Å². The molecule has 1 aromatic carbocycles. The molecular formula is C20H24FN5O2. The van der Waals surface area contributed by atoms with Gasteiger partial charge in [0, 0.05) is 49.4 Å². The lowest BCUT2D eigenvalue weighted by Crippen LogP contribution is -2.56. The molecule has 0 radical (unpaired) electrons. The number of fused-ring (bicyclic) bond motifs is 1. The maximum atomic E-state index is 14.2. The summed E-state index contributed by atoms with van der Waals surface area (Å²) in [5.41, 5.74) is 2.77. The second-order valence-corrected chi connectivity index (χ2v) is 7.21. The molecule has 148 valence electrons. The highest BCUT2D eigenvalue weighted by Crippen LogP contribution is 2.30. The zero-order valence-corrected chi connectivity index (χ0v) is 15.9. The lowest BCUT2D eigenvalue weighted by atomic mass is 9.99. The average Bonchev–Trinajstić information content (AvgIpc) is 3.12. The molecule has 0 spiro atoms. The number of carbonyl (C=O) groups excluding carboxylic acids is 2. The fourth-order valence-electron chi connectivity index (χ4n) is 4.04. The first-order chi connectivity index (χ1) is 13.6. The molecule has 0 bridgehead atoms. The van der Waals surface area contributed by atoms with Gasteiger partial charge in [-0.1, -0.05) is 19.1 Å². The number of likely N-dealkylation sites (N-methyl/N-ethyl adjacent to an activating group) is 1. The molecule has 2 N–H and O–H groups in total. The summed E-state index contributed by atoms with van der Waals surface area (Å²) in [6.07, 6.45) is 0.790. The van der Waals surface area contributed by atoms with E-state index in [1.807, 2.05) is 11.8 Å². The molecule has 2 amide bonds. The zero-order chi connectivity index (χ0) is 19.7. The first kappa shape index (κ1) is 18.6. The standard InChI is InChI=1S/C20H24FN5O2/c1-2-25-10-8-22-20(28)17(25)11-18(27)26-9-7-16-14(12-26)19(24-23-16)13-5-3-4-6-15(13)21/h3-6,17H,2,7-12H2,1H3,(H,22,28)(H,23,24). The summed E-state index contributed by atoms with van der Waals surface area (Å²) in [7, 11) is 0. The maximum absolute atomic E-state index is 14.2. The highest BCUT2D eigenvalue weighted by Gasteiger charge is 2.33. The van der Waals surface area contributed by atoms with Crippen LogP contribution in [0.25, 0.3) is 11.3 Å². The van der Waals surface area contributed by atoms with E-state index < -0.39 is 6.04 Å². The fourth-order valence-corrected chi connectivity index (χ4v) is 4.04. The van der Waals surface area contributed by atoms with Crippen LogP contribution in [0.5, 0.6) is 0 Å². The van der Waals surface area contributed by atoms with Crippen molar-refractivity contribution in [2.75, 3.05) is 26.2 Å². The van der Waals surface area contributed by atoms with E-state index in [1.165, 1.54) is 6.07 Å². The number of nitrogens with zero attached hydrogens (tertiary/aromatic N) is 3. The van der Waals surface area contributed by atoms with E-state index in [-0.39, 0.29) is 24.1 Å². The summed E-state index contributed by atoms with van der Waals surface area (Å²) >= 11 is 0. The van der Waals surface area contributed by atoms with Gasteiger partial charge in [0.25, 0.3) is 0 Å². The number of piperazine rings is 1. The largest absolute Gasteiger partial charge is 0.353 e. The Morgan fingerprint density at radius 3 is 2.93 bits per heavy atom. The number of rotatable bonds is 4. The first-order valence-corrected chi connectivity index (χ1v) is 9.69. The quantitative estimate of drug-likeness (QED) is 0.832. The first-order valence-electron chi connectivity index (χ1n) is 9.69. The van der Waals surface area contributed by atoms with Gasteiger partial charge in [0.05, 0.1) is 12.5 Å². The Labute approximate surface area is 162 Å². The van der Waals surface area contributed by atoms with Crippen molar-refractivity contribution in [1.82, 2.24) is 25.3 Å². The van der Waals surface area contributed by atoms with Gasteiger partial charge < -0.3 is 10.2 Å². The number of H-pyrrole nitrogens is 1. The fraction of sp³-hybridized carbons (Fsp3) is 0.450. The molecule has 3 heterocycles. The molecule has 1 fully saturated rings. The lowest BCUT2D eigenvalue weighted by molar-refractivity contribution is -0.139. The van der Waals surface area contributed by atoms with Crippen molar-refractivity contribution in [3.63, 3.8) is 0 Å². The highest BCUT2D eigenvalue weighted by atomic mass is 19.1. The summed E-state index contributed by atoms with van der Waals surface area (Å²) in [5, 5.41) is 10.1. The molecule has 7 nitrogen and oxygen atoms in total. The van der Waals surface area contributed by atoms with Gasteiger partial charge in [0.1, 0.15) is 11.5 Å². The van der Waals surface area contributed by atoms with Gasteiger partial charge in [0.2, 0.25) is 11.8 Å². The predicted octanol–water partition coefficient (Wildman–Crippen LogP) is 1.31. The number of carbonyl (C=O) groups is 2. The summed E-state index contributed by atoms with van der Waals surface area (Å²) < 4.78 is 14.2. The molecule has 1 aromatic heterocycles. The summed E-state index contributed by atoms with van der Waals surface area (Å²) in [6.45, 7) is 5.03. The minimum Gasteiger partial charge on any atom is -0.353 e. The number of hydrogen-bond acceptors (Lipinski definition) is 4. The highest BCUT2D eigenvalue weighted by molar-refractivity contribution is 5.89. The van der Waals surface area contributed by atoms with Crippen LogP contribution in [0.1, 0.15) is 24.6 Å². The second kappa shape index (κ2) is 7.71. The lowest BCUT2D eigenvalue weighted by Gasteiger charge is -2.35. The van der Waals surface area contributed by atoms with Crippen molar-refractivity contribution < 1.29 is 14.0 Å². The van der Waals surface area contributed by atoms with Gasteiger partial charge in [-0.2, -0.15) is 5.10 Å². The number of aromatic amines is 1. The number of nitrogens with one attached hydrogen (secondary N) is 2. The van der Waals surface area contributed by atoms with Crippen LogP contribution >= 0.6 is 0 Å². The van der Waals surface area contributed by atoms with Gasteiger partial charge in [-0.25, -0.2) is 4.39 Å². The molecule has 1 saturated heterocycles. The number of hydrogen-bond donors (Lipinski definition) is 2. The molecule has 1 unspecified atom stereocenters. The van der Waals surface area contributed by atoms with Crippen molar-refractivity contribution in [3.05, 3.63) is 41.3 Å². The monoisotopic (exact) mass is 385 g/mol. The normalized spacial score (nSPS) is 20.0. The van der Waals surface area contributed by atoms with Gasteiger partial charge >= 0.3 is 0 Å². The molecule has 0 aliphatic carbocycles. The SMILES string of the molecule is CCN1CCNC(=O)C1CC(=O)N1CCc2[nH]nc(-c3ccccc3F)c2C1.